The lowest BCUT2D eigenvalue weighted by molar-refractivity contribution is -0.134. The summed E-state index contributed by atoms with van der Waals surface area (Å²) in [6, 6.07) is 0. The van der Waals surface area contributed by atoms with Gasteiger partial charge in [-0.05, 0) is 24.7 Å². The van der Waals surface area contributed by atoms with Crippen LogP contribution in [0.1, 0.15) is 25.7 Å². The molecule has 0 bridgehead atoms. The van der Waals surface area contributed by atoms with Crippen molar-refractivity contribution in [2.75, 3.05) is 13.6 Å². The summed E-state index contributed by atoms with van der Waals surface area (Å²) in [5.74, 6) is 0.351. The maximum atomic E-state index is 11.2. The van der Waals surface area contributed by atoms with Crippen LogP contribution in [0.4, 0.5) is 0 Å². The zero-order valence-electron chi connectivity index (χ0n) is 6.39. The molecule has 0 aromatic rings. The largest absolute Gasteiger partial charge is 0.346 e. The summed E-state index contributed by atoms with van der Waals surface area (Å²) in [5.41, 5.74) is 0.490. The summed E-state index contributed by atoms with van der Waals surface area (Å²) in [4.78, 5) is 13.0. The van der Waals surface area contributed by atoms with E-state index in [1.165, 1.54) is 19.3 Å². The van der Waals surface area contributed by atoms with Crippen molar-refractivity contribution in [2.24, 2.45) is 5.41 Å². The molecule has 2 nitrogen and oxygen atoms in total. The third-order valence-corrected chi connectivity index (χ3v) is 2.89. The van der Waals surface area contributed by atoms with Crippen LogP contribution < -0.4 is 0 Å². The van der Waals surface area contributed by atoms with Gasteiger partial charge in [0.25, 0.3) is 0 Å². The maximum absolute atomic E-state index is 11.2. The molecule has 0 radical (unpaired) electrons. The highest BCUT2D eigenvalue weighted by Gasteiger charge is 2.46. The van der Waals surface area contributed by atoms with E-state index < -0.39 is 0 Å². The van der Waals surface area contributed by atoms with E-state index in [2.05, 4.69) is 0 Å². The van der Waals surface area contributed by atoms with Gasteiger partial charge in [-0.2, -0.15) is 0 Å². The second-order valence-electron chi connectivity index (χ2n) is 3.74. The molecular formula is C8H13NO. The Morgan fingerprint density at radius 3 is 2.60 bits per heavy atom. The van der Waals surface area contributed by atoms with E-state index in [4.69, 9.17) is 0 Å². The number of hydrogen-bond acceptors (Lipinski definition) is 1. The molecular weight excluding hydrogens is 126 g/mol. The zero-order chi connectivity index (χ0) is 7.19. The SMILES string of the molecule is CN1CCC2(CC2)CC1=O. The van der Waals surface area contributed by atoms with Crippen molar-refractivity contribution >= 4 is 5.91 Å². The van der Waals surface area contributed by atoms with Crippen LogP contribution in [-0.2, 0) is 4.79 Å². The Kier molecular flexibility index (Phi) is 1.08. The Bertz CT molecular complexity index is 172. The Hall–Kier alpha value is -0.530. The molecule has 2 fully saturated rings. The van der Waals surface area contributed by atoms with Crippen molar-refractivity contribution in [3.8, 4) is 0 Å². The van der Waals surface area contributed by atoms with Crippen molar-refractivity contribution in [1.82, 2.24) is 4.90 Å². The molecule has 1 amide bonds. The molecule has 0 aromatic heterocycles. The average Bonchev–Trinajstić information content (AvgIpc) is 2.62. The van der Waals surface area contributed by atoms with Crippen LogP contribution in [-0.4, -0.2) is 24.4 Å². The minimum atomic E-state index is 0.351. The Balaban J connectivity index is 2.04. The maximum Gasteiger partial charge on any atom is 0.222 e. The van der Waals surface area contributed by atoms with E-state index in [9.17, 15) is 4.79 Å². The highest BCUT2D eigenvalue weighted by Crippen LogP contribution is 2.53. The van der Waals surface area contributed by atoms with E-state index in [-0.39, 0.29) is 0 Å². The van der Waals surface area contributed by atoms with Crippen LogP contribution in [0, 0.1) is 5.41 Å². The van der Waals surface area contributed by atoms with Crippen LogP contribution in [0.2, 0.25) is 0 Å². The first-order valence-corrected chi connectivity index (χ1v) is 3.96. The first-order chi connectivity index (χ1) is 4.72. The first-order valence-electron chi connectivity index (χ1n) is 3.96. The monoisotopic (exact) mass is 139 g/mol. The Morgan fingerprint density at radius 1 is 1.40 bits per heavy atom. The number of carbonyl (C=O) groups is 1. The van der Waals surface area contributed by atoms with Gasteiger partial charge < -0.3 is 4.90 Å². The molecule has 1 heterocycles. The van der Waals surface area contributed by atoms with Gasteiger partial charge in [-0.1, -0.05) is 0 Å². The quantitative estimate of drug-likeness (QED) is 0.490. The van der Waals surface area contributed by atoms with Crippen LogP contribution >= 0.6 is 0 Å². The molecule has 56 valence electrons. The predicted octanol–water partition coefficient (Wildman–Crippen LogP) is 1.02. The summed E-state index contributed by atoms with van der Waals surface area (Å²) in [6.07, 6.45) is 4.66. The lowest BCUT2D eigenvalue weighted by Gasteiger charge is -2.28. The van der Waals surface area contributed by atoms with Gasteiger partial charge in [0, 0.05) is 20.0 Å². The highest BCUT2D eigenvalue weighted by molar-refractivity contribution is 5.77. The van der Waals surface area contributed by atoms with Crippen molar-refractivity contribution in [3.05, 3.63) is 0 Å². The molecule has 1 saturated heterocycles. The van der Waals surface area contributed by atoms with Crippen molar-refractivity contribution in [3.63, 3.8) is 0 Å². The first kappa shape index (κ1) is 6.20. The normalized spacial score (nSPS) is 29.3. The molecule has 2 rings (SSSR count). The number of rotatable bonds is 0. The van der Waals surface area contributed by atoms with Gasteiger partial charge in [0.2, 0.25) is 5.91 Å². The van der Waals surface area contributed by atoms with E-state index in [0.29, 0.717) is 11.3 Å². The fourth-order valence-corrected chi connectivity index (χ4v) is 1.68. The van der Waals surface area contributed by atoms with E-state index in [0.717, 1.165) is 13.0 Å². The number of nitrogens with zero attached hydrogens (tertiary/aromatic N) is 1. The van der Waals surface area contributed by atoms with Gasteiger partial charge in [0.15, 0.2) is 0 Å². The number of hydrogen-bond donors (Lipinski definition) is 0. The number of likely N-dealkylation sites (tertiary alicyclic amines) is 1. The molecule has 1 aliphatic carbocycles. The van der Waals surface area contributed by atoms with Crippen LogP contribution in [0.15, 0.2) is 0 Å². The molecule has 0 aromatic carbocycles. The lowest BCUT2D eigenvalue weighted by Crippen LogP contribution is -2.36. The smallest absolute Gasteiger partial charge is 0.222 e. The van der Waals surface area contributed by atoms with Crippen LogP contribution in [0.25, 0.3) is 0 Å². The molecule has 0 atom stereocenters. The fraction of sp³-hybridized carbons (Fsp3) is 0.875. The van der Waals surface area contributed by atoms with Crippen molar-refractivity contribution < 1.29 is 4.79 Å². The molecule has 2 aliphatic rings. The second kappa shape index (κ2) is 1.74. The highest BCUT2D eigenvalue weighted by atomic mass is 16.2. The molecule has 1 saturated carbocycles. The van der Waals surface area contributed by atoms with Crippen LogP contribution in [0.3, 0.4) is 0 Å². The Labute approximate surface area is 61.2 Å². The minimum Gasteiger partial charge on any atom is -0.346 e. The summed E-state index contributed by atoms with van der Waals surface area (Å²) in [6.45, 7) is 0.985. The molecule has 1 spiro atoms. The molecule has 2 heteroatoms. The molecule has 10 heavy (non-hydrogen) atoms. The average molecular weight is 139 g/mol. The summed E-state index contributed by atoms with van der Waals surface area (Å²) in [5, 5.41) is 0. The number of carbonyl (C=O) groups excluding carboxylic acids is 1. The standard InChI is InChI=1S/C8H13NO/c1-9-5-4-8(2-3-8)6-7(9)10/h2-6H2,1H3. The van der Waals surface area contributed by atoms with Crippen molar-refractivity contribution in [2.45, 2.75) is 25.7 Å². The third kappa shape index (κ3) is 0.825. The topological polar surface area (TPSA) is 20.3 Å². The number of amides is 1. The Morgan fingerprint density at radius 2 is 2.10 bits per heavy atom. The number of piperidine rings is 1. The van der Waals surface area contributed by atoms with E-state index >= 15 is 0 Å². The van der Waals surface area contributed by atoms with Crippen molar-refractivity contribution in [1.29, 1.82) is 0 Å². The summed E-state index contributed by atoms with van der Waals surface area (Å²) < 4.78 is 0. The van der Waals surface area contributed by atoms with Gasteiger partial charge >= 0.3 is 0 Å². The van der Waals surface area contributed by atoms with E-state index in [1.54, 1.807) is 0 Å². The fourth-order valence-electron chi connectivity index (χ4n) is 1.68. The van der Waals surface area contributed by atoms with Gasteiger partial charge in [-0.25, -0.2) is 0 Å². The second-order valence-corrected chi connectivity index (χ2v) is 3.74. The minimum absolute atomic E-state index is 0.351. The van der Waals surface area contributed by atoms with E-state index in [1.807, 2.05) is 11.9 Å². The molecule has 0 unspecified atom stereocenters. The van der Waals surface area contributed by atoms with Gasteiger partial charge in [0.1, 0.15) is 0 Å². The third-order valence-electron chi connectivity index (χ3n) is 2.89. The van der Waals surface area contributed by atoms with Gasteiger partial charge in [-0.15, -0.1) is 0 Å². The lowest BCUT2D eigenvalue weighted by atomic mass is 9.93. The van der Waals surface area contributed by atoms with Crippen LogP contribution in [0.5, 0.6) is 0 Å². The molecule has 1 aliphatic heterocycles. The predicted molar refractivity (Wildman–Crippen MR) is 38.5 cm³/mol. The molecule has 0 N–H and O–H groups in total. The summed E-state index contributed by atoms with van der Waals surface area (Å²) >= 11 is 0. The van der Waals surface area contributed by atoms with Gasteiger partial charge in [-0.3, -0.25) is 4.79 Å². The van der Waals surface area contributed by atoms with Gasteiger partial charge in [0.05, 0.1) is 0 Å². The zero-order valence-corrected chi connectivity index (χ0v) is 6.39. The summed E-state index contributed by atoms with van der Waals surface area (Å²) in [7, 11) is 1.90.